The Bertz CT molecular complexity index is 2240. The van der Waals surface area contributed by atoms with Crippen molar-refractivity contribution in [1.29, 1.82) is 0 Å². The highest BCUT2D eigenvalue weighted by atomic mass is 16.6. The first kappa shape index (κ1) is 28.2. The lowest BCUT2D eigenvalue weighted by atomic mass is 9.68. The van der Waals surface area contributed by atoms with Crippen molar-refractivity contribution in [3.05, 3.63) is 198 Å². The molecule has 7 aromatic rings. The van der Waals surface area contributed by atoms with E-state index in [1.165, 1.54) is 27.8 Å². The van der Waals surface area contributed by atoms with Gasteiger partial charge in [0.15, 0.2) is 23.0 Å². The maximum Gasteiger partial charge on any atom is 0.178 e. The zero-order valence-electron chi connectivity index (χ0n) is 26.6. The Labute approximate surface area is 281 Å². The minimum Gasteiger partial charge on any atom is -0.449 e. The summed E-state index contributed by atoms with van der Waals surface area (Å²) in [5, 5.41) is 0. The van der Waals surface area contributed by atoms with Crippen molar-refractivity contribution in [3.8, 4) is 34.1 Å². The molecular formula is C45H33NO2. The molecule has 1 aliphatic heterocycles. The Balaban J connectivity index is 1.19. The quantitative estimate of drug-likeness (QED) is 0.185. The molecule has 1 heterocycles. The number of hydrogen-bond donors (Lipinski definition) is 0. The van der Waals surface area contributed by atoms with Crippen molar-refractivity contribution in [2.24, 2.45) is 0 Å². The minimum atomic E-state index is -0.500. The third kappa shape index (κ3) is 4.28. The molecule has 0 amide bonds. The Kier molecular flexibility index (Phi) is 6.65. The van der Waals surface area contributed by atoms with Crippen LogP contribution in [0.3, 0.4) is 0 Å². The summed E-state index contributed by atoms with van der Waals surface area (Å²) in [6.07, 6.45) is 0.970. The number of nitrogens with zero attached hydrogens (tertiary/aromatic N) is 1. The van der Waals surface area contributed by atoms with Crippen LogP contribution >= 0.6 is 0 Å². The van der Waals surface area contributed by atoms with Gasteiger partial charge in [0.05, 0.1) is 11.1 Å². The normalized spacial score (nSPS) is 13.3. The van der Waals surface area contributed by atoms with E-state index in [-0.39, 0.29) is 0 Å². The lowest BCUT2D eigenvalue weighted by Gasteiger charge is -2.34. The van der Waals surface area contributed by atoms with E-state index in [0.717, 1.165) is 40.4 Å². The second kappa shape index (κ2) is 11.3. The number of aryl methyl sites for hydroxylation is 1. The summed E-state index contributed by atoms with van der Waals surface area (Å²) in [6.45, 7) is 2.19. The Morgan fingerprint density at radius 1 is 0.479 bits per heavy atom. The molecule has 0 bridgehead atoms. The first-order valence-corrected chi connectivity index (χ1v) is 16.6. The Morgan fingerprint density at radius 3 is 1.83 bits per heavy atom. The number of anilines is 3. The molecule has 0 atom stereocenters. The molecule has 7 aromatic carbocycles. The van der Waals surface area contributed by atoms with Crippen molar-refractivity contribution in [2.75, 3.05) is 4.90 Å². The van der Waals surface area contributed by atoms with E-state index in [9.17, 15) is 0 Å². The SMILES string of the molecule is CCc1cccc(N(c2ccccc2)c2ccc3c(c2)Oc2ccc4c(c2O3)-c2ccccc2C4(c2ccccc2)c2ccccc2)c1. The molecule has 0 fully saturated rings. The van der Waals surface area contributed by atoms with Gasteiger partial charge < -0.3 is 14.4 Å². The predicted octanol–water partition coefficient (Wildman–Crippen LogP) is 12.0. The molecule has 0 radical (unpaired) electrons. The second-order valence-electron chi connectivity index (χ2n) is 12.4. The molecule has 3 nitrogen and oxygen atoms in total. The number of benzene rings is 7. The first-order chi connectivity index (χ1) is 23.8. The first-order valence-electron chi connectivity index (χ1n) is 16.6. The van der Waals surface area contributed by atoms with Crippen LogP contribution in [-0.2, 0) is 11.8 Å². The van der Waals surface area contributed by atoms with E-state index in [4.69, 9.17) is 9.47 Å². The number of hydrogen-bond acceptors (Lipinski definition) is 3. The molecular weight excluding hydrogens is 587 g/mol. The zero-order chi connectivity index (χ0) is 32.1. The lowest BCUT2D eigenvalue weighted by molar-refractivity contribution is 0.360. The molecule has 48 heavy (non-hydrogen) atoms. The fraction of sp³-hybridized carbons (Fsp3) is 0.0667. The molecule has 0 aromatic heterocycles. The van der Waals surface area contributed by atoms with Gasteiger partial charge in [0, 0.05) is 23.0 Å². The van der Waals surface area contributed by atoms with Gasteiger partial charge in [0.2, 0.25) is 0 Å². The maximum absolute atomic E-state index is 6.88. The van der Waals surface area contributed by atoms with Crippen LogP contribution in [-0.4, -0.2) is 0 Å². The monoisotopic (exact) mass is 619 g/mol. The molecule has 0 spiro atoms. The van der Waals surface area contributed by atoms with Gasteiger partial charge in [0.1, 0.15) is 0 Å². The van der Waals surface area contributed by atoms with E-state index in [1.54, 1.807) is 0 Å². The maximum atomic E-state index is 6.88. The molecule has 9 rings (SSSR count). The second-order valence-corrected chi connectivity index (χ2v) is 12.4. The third-order valence-corrected chi connectivity index (χ3v) is 9.75. The highest BCUT2D eigenvalue weighted by molar-refractivity contribution is 5.92. The van der Waals surface area contributed by atoms with E-state index in [2.05, 4.69) is 170 Å². The van der Waals surface area contributed by atoms with Crippen LogP contribution in [0, 0.1) is 0 Å². The van der Waals surface area contributed by atoms with Gasteiger partial charge in [-0.15, -0.1) is 0 Å². The lowest BCUT2D eigenvalue weighted by Crippen LogP contribution is -2.28. The topological polar surface area (TPSA) is 21.7 Å². The summed E-state index contributed by atoms with van der Waals surface area (Å²) in [6, 6.07) is 60.1. The van der Waals surface area contributed by atoms with Crippen LogP contribution < -0.4 is 14.4 Å². The van der Waals surface area contributed by atoms with Gasteiger partial charge in [-0.3, -0.25) is 0 Å². The van der Waals surface area contributed by atoms with Crippen LogP contribution in [0.15, 0.2) is 170 Å². The fourth-order valence-corrected chi connectivity index (χ4v) is 7.63. The standard InChI is InChI=1S/C45H33NO2/c1-2-31-15-14-22-35(29-31)46(34-20-10-5-11-21-34)36-25-27-40-42(30-36)47-41-28-26-39-43(44(41)48-40)37-23-12-13-24-38(37)45(39,32-16-6-3-7-17-32)33-18-8-4-9-19-33/h3-30H,2H2,1H3. The summed E-state index contributed by atoms with van der Waals surface area (Å²) in [7, 11) is 0. The van der Waals surface area contributed by atoms with E-state index in [0.29, 0.717) is 17.2 Å². The predicted molar refractivity (Wildman–Crippen MR) is 194 cm³/mol. The molecule has 0 saturated carbocycles. The van der Waals surface area contributed by atoms with Crippen molar-refractivity contribution in [1.82, 2.24) is 0 Å². The number of rotatable bonds is 6. The van der Waals surface area contributed by atoms with Crippen LogP contribution in [0.2, 0.25) is 0 Å². The highest BCUT2D eigenvalue weighted by Crippen LogP contribution is 2.62. The summed E-state index contributed by atoms with van der Waals surface area (Å²) in [4.78, 5) is 2.27. The smallest absolute Gasteiger partial charge is 0.178 e. The molecule has 2 aliphatic rings. The summed E-state index contributed by atoms with van der Waals surface area (Å²) in [5.74, 6) is 2.86. The van der Waals surface area contributed by atoms with Crippen molar-refractivity contribution < 1.29 is 9.47 Å². The summed E-state index contributed by atoms with van der Waals surface area (Å²) in [5.41, 5.74) is 11.1. The number of ether oxygens (including phenoxy) is 2. The van der Waals surface area contributed by atoms with Gasteiger partial charge in [-0.25, -0.2) is 0 Å². The highest BCUT2D eigenvalue weighted by Gasteiger charge is 2.48. The number of para-hydroxylation sites is 1. The van der Waals surface area contributed by atoms with E-state index >= 15 is 0 Å². The average Bonchev–Trinajstić information content (AvgIpc) is 3.47. The van der Waals surface area contributed by atoms with Crippen LogP contribution in [0.4, 0.5) is 17.1 Å². The van der Waals surface area contributed by atoms with Gasteiger partial charge in [-0.05, 0) is 82.3 Å². The van der Waals surface area contributed by atoms with Crippen molar-refractivity contribution in [2.45, 2.75) is 18.8 Å². The molecule has 230 valence electrons. The van der Waals surface area contributed by atoms with Crippen LogP contribution in [0.25, 0.3) is 11.1 Å². The molecule has 0 unspecified atom stereocenters. The molecule has 0 N–H and O–H groups in total. The third-order valence-electron chi connectivity index (χ3n) is 9.75. The van der Waals surface area contributed by atoms with E-state index < -0.39 is 5.41 Å². The Hall–Kier alpha value is -6.06. The molecule has 3 heteroatoms. The Morgan fingerprint density at radius 2 is 1.10 bits per heavy atom. The summed E-state index contributed by atoms with van der Waals surface area (Å²) >= 11 is 0. The van der Waals surface area contributed by atoms with Gasteiger partial charge in [0.25, 0.3) is 0 Å². The average molecular weight is 620 g/mol. The number of fused-ring (bicyclic) bond motifs is 6. The fourth-order valence-electron chi connectivity index (χ4n) is 7.63. The molecule has 0 saturated heterocycles. The van der Waals surface area contributed by atoms with Gasteiger partial charge in [-0.1, -0.05) is 128 Å². The molecule has 1 aliphatic carbocycles. The van der Waals surface area contributed by atoms with E-state index in [1.807, 2.05) is 12.1 Å². The van der Waals surface area contributed by atoms with Crippen molar-refractivity contribution >= 4 is 17.1 Å². The van der Waals surface area contributed by atoms with Crippen molar-refractivity contribution in [3.63, 3.8) is 0 Å². The zero-order valence-corrected chi connectivity index (χ0v) is 26.6. The van der Waals surface area contributed by atoms with Crippen LogP contribution in [0.5, 0.6) is 23.0 Å². The van der Waals surface area contributed by atoms with Crippen LogP contribution in [0.1, 0.15) is 34.7 Å². The van der Waals surface area contributed by atoms with Gasteiger partial charge >= 0.3 is 0 Å². The summed E-state index contributed by atoms with van der Waals surface area (Å²) < 4.78 is 13.6. The van der Waals surface area contributed by atoms with Gasteiger partial charge in [-0.2, -0.15) is 0 Å². The minimum absolute atomic E-state index is 0.500. The largest absolute Gasteiger partial charge is 0.449 e.